The van der Waals surface area contributed by atoms with Gasteiger partial charge in [0, 0.05) is 18.8 Å². The molecule has 19 heavy (non-hydrogen) atoms. The lowest BCUT2D eigenvalue weighted by molar-refractivity contribution is -0.143. The molecule has 1 fully saturated rings. The average Bonchev–Trinajstić information content (AvgIpc) is 3.21. The Hall–Kier alpha value is -1.55. The fraction of sp³-hybridized carbons (Fsp3) is 0.533. The normalized spacial score (nSPS) is 17.8. The van der Waals surface area contributed by atoms with Gasteiger partial charge in [-0.05, 0) is 44.7 Å². The first kappa shape index (κ1) is 13.9. The third-order valence-corrected chi connectivity index (χ3v) is 3.94. The highest BCUT2D eigenvalue weighted by molar-refractivity contribution is 5.80. The van der Waals surface area contributed by atoms with Gasteiger partial charge in [0.15, 0.2) is 0 Å². The second kappa shape index (κ2) is 5.21. The van der Waals surface area contributed by atoms with E-state index in [-0.39, 0.29) is 5.92 Å². The lowest BCUT2D eigenvalue weighted by atomic mass is 9.93. The van der Waals surface area contributed by atoms with E-state index in [2.05, 4.69) is 0 Å². The molecule has 0 spiro atoms. The summed E-state index contributed by atoms with van der Waals surface area (Å²) in [5.41, 5.74) is 7.25. The summed E-state index contributed by atoms with van der Waals surface area (Å²) in [4.78, 5) is 13.5. The second-order valence-electron chi connectivity index (χ2n) is 5.47. The molecule has 0 aliphatic heterocycles. The predicted molar refractivity (Wildman–Crippen MR) is 76.3 cm³/mol. The van der Waals surface area contributed by atoms with Crippen LogP contribution >= 0.6 is 0 Å². The fourth-order valence-electron chi connectivity index (χ4n) is 2.43. The van der Waals surface area contributed by atoms with Crippen molar-refractivity contribution in [3.63, 3.8) is 0 Å². The number of aryl methyl sites for hydroxylation is 1. The number of nitrogens with zero attached hydrogens (tertiary/aromatic N) is 1. The van der Waals surface area contributed by atoms with Gasteiger partial charge in [-0.2, -0.15) is 0 Å². The van der Waals surface area contributed by atoms with Crippen LogP contribution in [-0.4, -0.2) is 29.7 Å². The number of nitrogens with two attached hydrogens (primary N) is 1. The largest absolute Gasteiger partial charge is 0.480 e. The van der Waals surface area contributed by atoms with Gasteiger partial charge in [0.05, 0.1) is 0 Å². The first-order chi connectivity index (χ1) is 8.97. The monoisotopic (exact) mass is 262 g/mol. The van der Waals surface area contributed by atoms with E-state index in [1.165, 1.54) is 5.56 Å². The summed E-state index contributed by atoms with van der Waals surface area (Å²) < 4.78 is 0. The van der Waals surface area contributed by atoms with Gasteiger partial charge in [0.2, 0.25) is 0 Å². The van der Waals surface area contributed by atoms with Crippen molar-refractivity contribution in [3.8, 4) is 0 Å². The zero-order chi connectivity index (χ0) is 14.0. The molecule has 4 nitrogen and oxygen atoms in total. The standard InChI is InChI=1S/C15H22N2O2/c1-3-17(13-8-4-11(2)5-9-13)10-15(16,14(18)19)12-6-7-12/h4-5,8-9,12H,3,6-7,10,16H2,1-2H3,(H,18,19). The topological polar surface area (TPSA) is 66.6 Å². The maximum Gasteiger partial charge on any atom is 0.325 e. The van der Waals surface area contributed by atoms with Crippen molar-refractivity contribution in [2.75, 3.05) is 18.0 Å². The average molecular weight is 262 g/mol. The Morgan fingerprint density at radius 1 is 1.42 bits per heavy atom. The van der Waals surface area contributed by atoms with Crippen molar-refractivity contribution in [3.05, 3.63) is 29.8 Å². The number of aliphatic carboxylic acids is 1. The zero-order valence-electron chi connectivity index (χ0n) is 11.6. The Labute approximate surface area is 114 Å². The Balaban J connectivity index is 2.18. The lowest BCUT2D eigenvalue weighted by Gasteiger charge is -2.33. The number of carboxylic acid groups (broad SMARTS) is 1. The summed E-state index contributed by atoms with van der Waals surface area (Å²) >= 11 is 0. The molecule has 1 saturated carbocycles. The lowest BCUT2D eigenvalue weighted by Crippen LogP contribution is -2.58. The quantitative estimate of drug-likeness (QED) is 0.823. The second-order valence-corrected chi connectivity index (χ2v) is 5.47. The number of carboxylic acids is 1. The van der Waals surface area contributed by atoms with E-state index in [1.54, 1.807) is 0 Å². The maximum absolute atomic E-state index is 11.5. The van der Waals surface area contributed by atoms with Crippen LogP contribution in [0.4, 0.5) is 5.69 Å². The summed E-state index contributed by atoms with van der Waals surface area (Å²) in [5, 5.41) is 9.43. The number of carbonyl (C=O) groups is 1. The van der Waals surface area contributed by atoms with Crippen LogP contribution in [0.25, 0.3) is 0 Å². The smallest absolute Gasteiger partial charge is 0.325 e. The molecule has 104 valence electrons. The first-order valence-corrected chi connectivity index (χ1v) is 6.81. The van der Waals surface area contributed by atoms with E-state index in [0.29, 0.717) is 6.54 Å². The van der Waals surface area contributed by atoms with Gasteiger partial charge in [-0.25, -0.2) is 0 Å². The van der Waals surface area contributed by atoms with Gasteiger partial charge in [-0.15, -0.1) is 0 Å². The summed E-state index contributed by atoms with van der Waals surface area (Å²) in [6.45, 7) is 5.18. The highest BCUT2D eigenvalue weighted by Gasteiger charge is 2.49. The number of rotatable bonds is 6. The Kier molecular flexibility index (Phi) is 3.80. The van der Waals surface area contributed by atoms with Crippen molar-refractivity contribution in [2.45, 2.75) is 32.2 Å². The predicted octanol–water partition coefficient (Wildman–Crippen LogP) is 2.01. The van der Waals surface area contributed by atoms with Gasteiger partial charge >= 0.3 is 5.97 Å². The Morgan fingerprint density at radius 3 is 2.42 bits per heavy atom. The summed E-state index contributed by atoms with van der Waals surface area (Å²) in [6.07, 6.45) is 1.85. The van der Waals surface area contributed by atoms with Crippen molar-refractivity contribution in [1.82, 2.24) is 0 Å². The summed E-state index contributed by atoms with van der Waals surface area (Å²) in [6, 6.07) is 8.12. The van der Waals surface area contributed by atoms with Crippen LogP contribution in [0, 0.1) is 12.8 Å². The molecule has 1 aromatic carbocycles. The van der Waals surface area contributed by atoms with Gasteiger partial charge < -0.3 is 15.7 Å². The van der Waals surface area contributed by atoms with Crippen molar-refractivity contribution in [1.29, 1.82) is 0 Å². The van der Waals surface area contributed by atoms with E-state index in [1.807, 2.05) is 43.0 Å². The van der Waals surface area contributed by atoms with Gasteiger partial charge in [-0.1, -0.05) is 17.7 Å². The van der Waals surface area contributed by atoms with E-state index in [9.17, 15) is 9.90 Å². The van der Waals surface area contributed by atoms with Crippen LogP contribution in [0.3, 0.4) is 0 Å². The van der Waals surface area contributed by atoms with E-state index in [4.69, 9.17) is 5.73 Å². The third kappa shape index (κ3) is 2.89. The number of likely N-dealkylation sites (N-methyl/N-ethyl adjacent to an activating group) is 1. The molecular weight excluding hydrogens is 240 g/mol. The molecule has 0 aromatic heterocycles. The number of hydrogen-bond acceptors (Lipinski definition) is 3. The van der Waals surface area contributed by atoms with E-state index >= 15 is 0 Å². The molecule has 1 aliphatic carbocycles. The van der Waals surface area contributed by atoms with Crippen LogP contribution in [-0.2, 0) is 4.79 Å². The minimum atomic E-state index is -1.12. The fourth-order valence-corrected chi connectivity index (χ4v) is 2.43. The molecule has 0 amide bonds. The molecule has 1 unspecified atom stereocenters. The molecule has 2 rings (SSSR count). The SMILES string of the molecule is CCN(CC(N)(C(=O)O)C1CC1)c1ccc(C)cc1. The zero-order valence-corrected chi connectivity index (χ0v) is 11.6. The van der Waals surface area contributed by atoms with Gasteiger partial charge in [0.25, 0.3) is 0 Å². The van der Waals surface area contributed by atoms with Crippen LogP contribution in [0.15, 0.2) is 24.3 Å². The van der Waals surface area contributed by atoms with Crippen molar-refractivity contribution < 1.29 is 9.90 Å². The van der Waals surface area contributed by atoms with Crippen LogP contribution in [0.5, 0.6) is 0 Å². The molecule has 0 bridgehead atoms. The number of hydrogen-bond donors (Lipinski definition) is 2. The summed E-state index contributed by atoms with van der Waals surface area (Å²) in [5.74, 6) is -0.773. The van der Waals surface area contributed by atoms with Crippen molar-refractivity contribution in [2.24, 2.45) is 11.7 Å². The molecule has 1 aromatic rings. The molecule has 0 saturated heterocycles. The number of benzene rings is 1. The molecule has 0 heterocycles. The summed E-state index contributed by atoms with van der Waals surface area (Å²) in [7, 11) is 0. The van der Waals surface area contributed by atoms with E-state index < -0.39 is 11.5 Å². The van der Waals surface area contributed by atoms with Crippen molar-refractivity contribution >= 4 is 11.7 Å². The maximum atomic E-state index is 11.5. The Morgan fingerprint density at radius 2 is 2.00 bits per heavy atom. The minimum absolute atomic E-state index is 0.115. The van der Waals surface area contributed by atoms with Gasteiger partial charge in [0.1, 0.15) is 5.54 Å². The minimum Gasteiger partial charge on any atom is -0.480 e. The highest BCUT2D eigenvalue weighted by Crippen LogP contribution is 2.39. The molecular formula is C15H22N2O2. The molecule has 3 N–H and O–H groups in total. The number of anilines is 1. The third-order valence-electron chi connectivity index (χ3n) is 3.94. The Bertz CT molecular complexity index is 454. The van der Waals surface area contributed by atoms with Crippen LogP contribution in [0.2, 0.25) is 0 Å². The van der Waals surface area contributed by atoms with Crippen LogP contribution in [0.1, 0.15) is 25.3 Å². The highest BCUT2D eigenvalue weighted by atomic mass is 16.4. The molecule has 1 aliphatic rings. The van der Waals surface area contributed by atoms with E-state index in [0.717, 1.165) is 25.1 Å². The van der Waals surface area contributed by atoms with Crippen LogP contribution < -0.4 is 10.6 Å². The first-order valence-electron chi connectivity index (χ1n) is 6.81. The molecule has 4 heteroatoms. The molecule has 1 atom stereocenters. The molecule has 0 radical (unpaired) electrons. The van der Waals surface area contributed by atoms with Gasteiger partial charge in [-0.3, -0.25) is 4.79 Å².